The number of ketones is 1. The molecule has 0 unspecified atom stereocenters. The first-order valence-electron chi connectivity index (χ1n) is 16.5. The van der Waals surface area contributed by atoms with Gasteiger partial charge in [-0.3, -0.25) is 19.7 Å². The molecule has 48 heavy (non-hydrogen) atoms. The fraction of sp³-hybridized carbons (Fsp3) is 0.378. The Bertz CT molecular complexity index is 1840. The highest BCUT2D eigenvalue weighted by molar-refractivity contribution is 14.1. The number of nitrogens with zero attached hydrogens (tertiary/aromatic N) is 2. The van der Waals surface area contributed by atoms with Gasteiger partial charge in [-0.05, 0) is 88.8 Å². The Morgan fingerprint density at radius 3 is 2.21 bits per heavy atom. The highest BCUT2D eigenvalue weighted by Crippen LogP contribution is 2.52. The predicted octanol–water partition coefficient (Wildman–Crippen LogP) is 8.08. The normalized spacial score (nSPS) is 20.3. The summed E-state index contributed by atoms with van der Waals surface area (Å²) in [4.78, 5) is 53.6. The Morgan fingerprint density at radius 1 is 0.938 bits per heavy atom. The molecule has 1 amide bonds. The van der Waals surface area contributed by atoms with E-state index in [1.54, 1.807) is 17.0 Å². The molecule has 0 spiro atoms. The van der Waals surface area contributed by atoms with Crippen LogP contribution in [-0.4, -0.2) is 47.9 Å². The van der Waals surface area contributed by atoms with E-state index in [0.29, 0.717) is 22.3 Å². The summed E-state index contributed by atoms with van der Waals surface area (Å²) in [6.07, 6.45) is -0.305. The Morgan fingerprint density at radius 2 is 1.58 bits per heavy atom. The number of nitro groups is 1. The number of carbonyl (C=O) groups is 3. The molecule has 0 aromatic heterocycles. The van der Waals surface area contributed by atoms with Crippen molar-refractivity contribution in [1.82, 2.24) is 4.90 Å². The third kappa shape index (κ3) is 5.63. The van der Waals surface area contributed by atoms with E-state index in [2.05, 4.69) is 43.4 Å². The fourth-order valence-corrected chi connectivity index (χ4v) is 11.1. The van der Waals surface area contributed by atoms with Gasteiger partial charge in [0.25, 0.3) is 5.69 Å². The van der Waals surface area contributed by atoms with Crippen LogP contribution >= 0.6 is 22.6 Å². The smallest absolute Gasteiger partial charge is 0.355 e. The molecular weight excluding hydrogens is 739 g/mol. The first kappa shape index (κ1) is 34.2. The number of fused-ring (bicyclic) bond motifs is 4. The number of halogens is 1. The predicted molar refractivity (Wildman–Crippen MR) is 194 cm³/mol. The Hall–Kier alpha value is -3.68. The Kier molecular flexibility index (Phi) is 9.49. The van der Waals surface area contributed by atoms with E-state index in [1.165, 1.54) is 12.1 Å². The van der Waals surface area contributed by atoms with Crippen molar-refractivity contribution in [2.75, 3.05) is 0 Å². The van der Waals surface area contributed by atoms with Gasteiger partial charge in [0.1, 0.15) is 12.3 Å². The molecule has 3 aromatic carbocycles. The van der Waals surface area contributed by atoms with Crippen LogP contribution < -0.4 is 0 Å². The van der Waals surface area contributed by atoms with E-state index < -0.39 is 25.1 Å². The summed E-state index contributed by atoms with van der Waals surface area (Å²) in [5, 5.41) is 11.1. The van der Waals surface area contributed by atoms with Gasteiger partial charge in [0.05, 0.1) is 23.0 Å². The van der Waals surface area contributed by atoms with E-state index in [-0.39, 0.29) is 47.7 Å². The Labute approximate surface area is 295 Å². The number of hydrogen-bond acceptors (Lipinski definition) is 7. The standard InChI is InChI=1S/C37H39IN2O7Si/c1-6-48(7-2,8-3)47-22(5)32-33-21(4)31(25-12-16-28-29(18-25)27-15-11-24(19-38)17-30(27)35(28)41)34(39(33)36(32)42)37(43)46-20-23-9-13-26(14-10-23)40(44)45/h9-18,21-22,32-33H,6-8,19-20H2,1-5H3/t21-,22+,32+,33+/m0/s1. The van der Waals surface area contributed by atoms with Crippen molar-refractivity contribution >= 4 is 59.8 Å². The van der Waals surface area contributed by atoms with Gasteiger partial charge in [-0.15, -0.1) is 0 Å². The van der Waals surface area contributed by atoms with Gasteiger partial charge in [0, 0.05) is 33.6 Å². The van der Waals surface area contributed by atoms with Crippen LogP contribution in [0.1, 0.15) is 67.2 Å². The topological polar surface area (TPSA) is 116 Å². The maximum atomic E-state index is 14.0. The highest BCUT2D eigenvalue weighted by atomic mass is 127. The second-order valence-electron chi connectivity index (χ2n) is 12.9. The van der Waals surface area contributed by atoms with E-state index in [0.717, 1.165) is 44.8 Å². The van der Waals surface area contributed by atoms with Crippen LogP contribution in [0, 0.1) is 22.0 Å². The lowest BCUT2D eigenvalue weighted by atomic mass is 9.76. The minimum absolute atomic E-state index is 0.0186. The average molecular weight is 779 g/mol. The van der Waals surface area contributed by atoms with E-state index >= 15 is 0 Å². The molecule has 9 nitrogen and oxygen atoms in total. The number of β-lactam (4-membered cyclic amide) rings is 1. The molecule has 3 aliphatic rings. The highest BCUT2D eigenvalue weighted by Gasteiger charge is 2.61. The zero-order valence-electron chi connectivity index (χ0n) is 27.7. The van der Waals surface area contributed by atoms with Crippen LogP contribution in [-0.2, 0) is 29.8 Å². The number of nitro benzene ring substituents is 1. The first-order valence-corrected chi connectivity index (χ1v) is 20.6. The summed E-state index contributed by atoms with van der Waals surface area (Å²) in [5.41, 5.74) is 6.24. The molecule has 0 N–H and O–H groups in total. The second kappa shape index (κ2) is 13.3. The lowest BCUT2D eigenvalue weighted by molar-refractivity contribution is -0.384. The number of non-ortho nitro benzene ring substituents is 1. The largest absolute Gasteiger partial charge is 0.456 e. The van der Waals surface area contributed by atoms with Crippen molar-refractivity contribution in [2.45, 2.75) is 75.9 Å². The third-order valence-corrected chi connectivity index (χ3v) is 16.2. The Balaban J connectivity index is 1.37. The molecule has 11 heteroatoms. The maximum Gasteiger partial charge on any atom is 0.355 e. The summed E-state index contributed by atoms with van der Waals surface area (Å²) in [6, 6.07) is 20.1. The molecule has 3 aromatic rings. The van der Waals surface area contributed by atoms with Crippen LogP contribution in [0.25, 0.3) is 16.7 Å². The number of alkyl halides is 1. The summed E-state index contributed by atoms with van der Waals surface area (Å²) in [6.45, 7) is 10.4. The van der Waals surface area contributed by atoms with Crippen molar-refractivity contribution in [3.8, 4) is 11.1 Å². The maximum absolute atomic E-state index is 14.0. The summed E-state index contributed by atoms with van der Waals surface area (Å²) in [5.74, 6) is -1.43. The number of esters is 1. The van der Waals surface area contributed by atoms with Gasteiger partial charge in [-0.2, -0.15) is 0 Å². The van der Waals surface area contributed by atoms with Crippen LogP contribution in [0.4, 0.5) is 5.69 Å². The van der Waals surface area contributed by atoms with E-state index in [9.17, 15) is 24.5 Å². The van der Waals surface area contributed by atoms with Gasteiger partial charge in [0.2, 0.25) is 5.91 Å². The van der Waals surface area contributed by atoms with Gasteiger partial charge in [-0.1, -0.05) is 68.5 Å². The molecule has 1 saturated heterocycles. The summed E-state index contributed by atoms with van der Waals surface area (Å²) in [7, 11) is -2.01. The van der Waals surface area contributed by atoms with Crippen molar-refractivity contribution in [1.29, 1.82) is 0 Å². The summed E-state index contributed by atoms with van der Waals surface area (Å²) < 4.78 is 13.4. The van der Waals surface area contributed by atoms with Gasteiger partial charge in [-0.25, -0.2) is 4.79 Å². The summed E-state index contributed by atoms with van der Waals surface area (Å²) >= 11 is 2.28. The number of ether oxygens (including phenoxy) is 1. The quantitative estimate of drug-likeness (QED) is 0.0272. The number of benzene rings is 3. The molecule has 1 fully saturated rings. The van der Waals surface area contributed by atoms with Gasteiger partial charge >= 0.3 is 5.97 Å². The van der Waals surface area contributed by atoms with E-state index in [4.69, 9.17) is 9.16 Å². The average Bonchev–Trinajstić information content (AvgIpc) is 3.53. The SMILES string of the molecule is CC[Si](CC)(CC)O[C@H](C)[C@H]1C(=O)N2C(C(=O)OCc3ccc([N+](=O)[O-])cc3)=C(c3ccc4c(c3)-c3ccc(CI)cc3C4=O)[C@H](C)[C@H]12. The molecule has 250 valence electrons. The number of rotatable bonds is 12. The van der Waals surface area contributed by atoms with Crippen LogP contribution in [0.3, 0.4) is 0 Å². The molecule has 0 bridgehead atoms. The lowest BCUT2D eigenvalue weighted by Crippen LogP contribution is -2.65. The third-order valence-electron chi connectivity index (χ3n) is 10.6. The molecule has 2 aliphatic heterocycles. The molecule has 6 rings (SSSR count). The van der Waals surface area contributed by atoms with Crippen molar-refractivity contribution in [2.24, 2.45) is 11.8 Å². The molecule has 0 saturated carbocycles. The number of carbonyl (C=O) groups excluding carboxylic acids is 3. The zero-order chi connectivity index (χ0) is 34.5. The first-order chi connectivity index (χ1) is 23.0. The van der Waals surface area contributed by atoms with Crippen LogP contribution in [0.5, 0.6) is 0 Å². The van der Waals surface area contributed by atoms with Crippen molar-refractivity contribution < 1.29 is 28.5 Å². The monoisotopic (exact) mass is 778 g/mol. The minimum Gasteiger partial charge on any atom is -0.456 e. The lowest BCUT2D eigenvalue weighted by Gasteiger charge is -2.49. The molecule has 0 radical (unpaired) electrons. The van der Waals surface area contributed by atoms with Crippen molar-refractivity contribution in [3.05, 3.63) is 104 Å². The van der Waals surface area contributed by atoms with E-state index in [1.807, 2.05) is 50.2 Å². The van der Waals surface area contributed by atoms with Crippen LogP contribution in [0.2, 0.25) is 18.1 Å². The second-order valence-corrected chi connectivity index (χ2v) is 18.4. The number of amides is 1. The van der Waals surface area contributed by atoms with Crippen LogP contribution in [0.15, 0.2) is 66.4 Å². The molecule has 4 atom stereocenters. The van der Waals surface area contributed by atoms with Gasteiger partial charge < -0.3 is 14.1 Å². The molecule has 2 heterocycles. The number of hydrogen-bond donors (Lipinski definition) is 0. The molecular formula is C37H39IN2O7Si. The fourth-order valence-electron chi connectivity index (χ4n) is 7.70. The van der Waals surface area contributed by atoms with Crippen molar-refractivity contribution in [3.63, 3.8) is 0 Å². The molecule has 1 aliphatic carbocycles. The minimum atomic E-state index is -2.01. The van der Waals surface area contributed by atoms with Gasteiger partial charge in [0.15, 0.2) is 14.1 Å². The zero-order valence-corrected chi connectivity index (χ0v) is 30.9.